The van der Waals surface area contributed by atoms with E-state index in [4.69, 9.17) is 10.5 Å². The molecule has 1 amide bonds. The van der Waals surface area contributed by atoms with Crippen molar-refractivity contribution in [3.63, 3.8) is 0 Å². The number of carbonyl (C=O) groups excluding carboxylic acids is 1. The number of halogens is 2. The summed E-state index contributed by atoms with van der Waals surface area (Å²) < 4.78 is 32.8. The first kappa shape index (κ1) is 16.5. The highest BCUT2D eigenvalue weighted by atomic mass is 32.1. The smallest absolute Gasteiger partial charge is 0.268 e. The van der Waals surface area contributed by atoms with Crippen LogP contribution in [0.2, 0.25) is 0 Å². The molecule has 3 aromatic rings. The van der Waals surface area contributed by atoms with Gasteiger partial charge in [-0.25, -0.2) is 8.78 Å². The maximum Gasteiger partial charge on any atom is 0.268 e. The van der Waals surface area contributed by atoms with Gasteiger partial charge >= 0.3 is 0 Å². The van der Waals surface area contributed by atoms with Crippen LogP contribution in [0.25, 0.3) is 10.4 Å². The second-order valence-electron chi connectivity index (χ2n) is 5.97. The molecule has 26 heavy (non-hydrogen) atoms. The molecule has 0 atom stereocenters. The van der Waals surface area contributed by atoms with Crippen molar-refractivity contribution >= 4 is 28.6 Å². The molecule has 0 saturated carbocycles. The fourth-order valence-corrected chi connectivity index (χ4v) is 4.07. The SMILES string of the molecule is CN(C(=O)c1cc2c(s1)-c1cc(N)ccc1OC2)c1ccc(F)cc1F. The van der Waals surface area contributed by atoms with E-state index in [1.54, 1.807) is 24.3 Å². The molecule has 0 unspecified atom stereocenters. The molecule has 0 radical (unpaired) electrons. The van der Waals surface area contributed by atoms with Gasteiger partial charge in [0.05, 0.1) is 10.6 Å². The van der Waals surface area contributed by atoms with Crippen LogP contribution in [0.1, 0.15) is 15.2 Å². The van der Waals surface area contributed by atoms with Crippen molar-refractivity contribution in [2.45, 2.75) is 6.61 Å². The summed E-state index contributed by atoms with van der Waals surface area (Å²) in [7, 11) is 1.46. The predicted molar refractivity (Wildman–Crippen MR) is 97.6 cm³/mol. The lowest BCUT2D eigenvalue weighted by atomic mass is 10.1. The van der Waals surface area contributed by atoms with E-state index in [1.165, 1.54) is 29.4 Å². The number of amides is 1. The van der Waals surface area contributed by atoms with Gasteiger partial charge in [0.2, 0.25) is 0 Å². The standard InChI is InChI=1S/C19H14F2N2O2S/c1-23(15-4-2-11(20)7-14(15)21)19(24)17-6-10-9-25-16-5-3-12(22)8-13(16)18(10)26-17/h2-8H,9,22H2,1H3. The quantitative estimate of drug-likeness (QED) is 0.677. The number of thiophene rings is 1. The number of hydrogen-bond acceptors (Lipinski definition) is 4. The Labute approximate surface area is 152 Å². The Morgan fingerprint density at radius 2 is 2.00 bits per heavy atom. The van der Waals surface area contributed by atoms with E-state index < -0.39 is 11.6 Å². The molecule has 1 aliphatic rings. The molecule has 0 bridgehead atoms. The van der Waals surface area contributed by atoms with Gasteiger partial charge in [0.15, 0.2) is 0 Å². The number of nitrogen functional groups attached to an aromatic ring is 1. The molecule has 1 aromatic heterocycles. The zero-order chi connectivity index (χ0) is 18.4. The van der Waals surface area contributed by atoms with Gasteiger partial charge in [0, 0.05) is 34.8 Å². The van der Waals surface area contributed by atoms with Crippen molar-refractivity contribution in [1.29, 1.82) is 0 Å². The molecule has 4 rings (SSSR count). The van der Waals surface area contributed by atoms with Crippen LogP contribution in [0.5, 0.6) is 5.75 Å². The first-order valence-electron chi connectivity index (χ1n) is 7.82. The summed E-state index contributed by atoms with van der Waals surface area (Å²) >= 11 is 1.30. The van der Waals surface area contributed by atoms with Gasteiger partial charge in [-0.05, 0) is 36.4 Å². The first-order valence-corrected chi connectivity index (χ1v) is 8.64. The van der Waals surface area contributed by atoms with E-state index in [0.717, 1.165) is 28.1 Å². The lowest BCUT2D eigenvalue weighted by Crippen LogP contribution is -2.26. The molecule has 2 N–H and O–H groups in total. The Hall–Kier alpha value is -2.93. The minimum Gasteiger partial charge on any atom is -0.488 e. The van der Waals surface area contributed by atoms with Crippen LogP contribution in [0, 0.1) is 11.6 Å². The van der Waals surface area contributed by atoms with E-state index in [2.05, 4.69) is 0 Å². The summed E-state index contributed by atoms with van der Waals surface area (Å²) in [4.78, 5) is 15.3. The number of nitrogens with zero attached hydrogens (tertiary/aromatic N) is 1. The van der Waals surface area contributed by atoms with Gasteiger partial charge in [-0.1, -0.05) is 0 Å². The molecule has 0 spiro atoms. The van der Waals surface area contributed by atoms with Crippen LogP contribution in [-0.2, 0) is 6.61 Å². The number of benzene rings is 2. The summed E-state index contributed by atoms with van der Waals surface area (Å²) in [6.07, 6.45) is 0. The van der Waals surface area contributed by atoms with Crippen molar-refractivity contribution < 1.29 is 18.3 Å². The van der Waals surface area contributed by atoms with E-state index >= 15 is 0 Å². The largest absolute Gasteiger partial charge is 0.488 e. The number of hydrogen-bond donors (Lipinski definition) is 1. The molecule has 2 aromatic carbocycles. The lowest BCUT2D eigenvalue weighted by Gasteiger charge is -2.17. The molecule has 1 aliphatic heterocycles. The minimum atomic E-state index is -0.788. The molecular formula is C19H14F2N2O2S. The summed E-state index contributed by atoms with van der Waals surface area (Å²) in [6.45, 7) is 0.352. The normalized spacial score (nSPS) is 12.1. The third kappa shape index (κ3) is 2.70. The molecule has 7 heteroatoms. The molecule has 0 fully saturated rings. The van der Waals surface area contributed by atoms with Gasteiger partial charge in [-0.3, -0.25) is 4.79 Å². The molecule has 4 nitrogen and oxygen atoms in total. The molecule has 0 saturated heterocycles. The Bertz CT molecular complexity index is 1030. The average Bonchev–Trinajstić information content (AvgIpc) is 3.05. The summed E-state index contributed by atoms with van der Waals surface area (Å²) in [6, 6.07) is 10.2. The number of carbonyl (C=O) groups is 1. The van der Waals surface area contributed by atoms with Crippen molar-refractivity contribution in [3.05, 3.63) is 64.5 Å². The first-order chi connectivity index (χ1) is 12.4. The Kier molecular flexibility index (Phi) is 3.88. The average molecular weight is 372 g/mol. The zero-order valence-electron chi connectivity index (χ0n) is 13.8. The van der Waals surface area contributed by atoms with Crippen LogP contribution in [0.15, 0.2) is 42.5 Å². The number of ether oxygens (including phenoxy) is 1. The fourth-order valence-electron chi connectivity index (χ4n) is 2.90. The highest BCUT2D eigenvalue weighted by molar-refractivity contribution is 7.17. The Morgan fingerprint density at radius 3 is 2.77 bits per heavy atom. The summed E-state index contributed by atoms with van der Waals surface area (Å²) in [5.74, 6) is -1.14. The minimum absolute atomic E-state index is 0.0173. The van der Waals surface area contributed by atoms with E-state index in [-0.39, 0.29) is 11.6 Å². The van der Waals surface area contributed by atoms with Gasteiger partial charge in [-0.15, -0.1) is 11.3 Å². The summed E-state index contributed by atoms with van der Waals surface area (Å²) in [5, 5.41) is 0. The second-order valence-corrected chi connectivity index (χ2v) is 7.02. The zero-order valence-corrected chi connectivity index (χ0v) is 14.6. The lowest BCUT2D eigenvalue weighted by molar-refractivity contribution is 0.0996. The van der Waals surface area contributed by atoms with Crippen LogP contribution in [0.4, 0.5) is 20.2 Å². The topological polar surface area (TPSA) is 55.6 Å². The van der Waals surface area contributed by atoms with Gasteiger partial charge in [0.1, 0.15) is 24.0 Å². The van der Waals surface area contributed by atoms with Crippen LogP contribution < -0.4 is 15.4 Å². The maximum absolute atomic E-state index is 14.0. The van der Waals surface area contributed by atoms with Gasteiger partial charge in [-0.2, -0.15) is 0 Å². The van der Waals surface area contributed by atoms with Crippen LogP contribution in [0.3, 0.4) is 0 Å². The highest BCUT2D eigenvalue weighted by Crippen LogP contribution is 2.43. The van der Waals surface area contributed by atoms with E-state index in [1.807, 2.05) is 0 Å². The molecule has 132 valence electrons. The van der Waals surface area contributed by atoms with Crippen molar-refractivity contribution in [3.8, 4) is 16.2 Å². The van der Waals surface area contributed by atoms with Gasteiger partial charge in [0.25, 0.3) is 5.91 Å². The maximum atomic E-state index is 14.0. The fraction of sp³-hybridized carbons (Fsp3) is 0.105. The van der Waals surface area contributed by atoms with Crippen LogP contribution >= 0.6 is 11.3 Å². The van der Waals surface area contributed by atoms with E-state index in [9.17, 15) is 13.6 Å². The van der Waals surface area contributed by atoms with Crippen LogP contribution in [-0.4, -0.2) is 13.0 Å². The van der Waals surface area contributed by atoms with Crippen molar-refractivity contribution in [1.82, 2.24) is 0 Å². The number of fused-ring (bicyclic) bond motifs is 3. The number of anilines is 2. The van der Waals surface area contributed by atoms with Crippen molar-refractivity contribution in [2.24, 2.45) is 0 Å². The molecule has 2 heterocycles. The second kappa shape index (κ2) is 6.10. The summed E-state index contributed by atoms with van der Waals surface area (Å²) in [5.41, 5.74) is 8.20. The molecular weight excluding hydrogens is 358 g/mol. The third-order valence-corrected chi connectivity index (χ3v) is 5.43. The Balaban J connectivity index is 1.71. The van der Waals surface area contributed by atoms with Gasteiger partial charge < -0.3 is 15.4 Å². The van der Waals surface area contributed by atoms with E-state index in [0.29, 0.717) is 22.9 Å². The number of nitrogens with two attached hydrogens (primary N) is 1. The predicted octanol–water partition coefficient (Wildman–Crippen LogP) is 4.44. The highest BCUT2D eigenvalue weighted by Gasteiger charge is 2.25. The van der Waals surface area contributed by atoms with Crippen molar-refractivity contribution in [2.75, 3.05) is 17.7 Å². The molecule has 0 aliphatic carbocycles. The Morgan fingerprint density at radius 1 is 1.19 bits per heavy atom. The third-order valence-electron chi connectivity index (χ3n) is 4.23. The number of rotatable bonds is 2. The monoisotopic (exact) mass is 372 g/mol.